The topological polar surface area (TPSA) is 108 Å². The number of hydrogen-bond donors (Lipinski definition) is 3. The molecule has 0 aliphatic heterocycles. The monoisotopic (exact) mass is 339 g/mol. The van der Waals surface area contributed by atoms with Crippen molar-refractivity contribution >= 4 is 11.8 Å². The molecule has 1 atom stereocenters. The molecule has 1 unspecified atom stereocenters. The first-order valence-electron chi connectivity index (χ1n) is 8.48. The lowest BCUT2D eigenvalue weighted by atomic mass is 10.0. The SMILES string of the molecule is Cc1nc(N)nc(NC(C)CCCO)c1Cc1ccc(CC#N)cc1. The molecule has 1 aromatic heterocycles. The molecule has 1 aromatic carbocycles. The van der Waals surface area contributed by atoms with Crippen molar-refractivity contribution in [1.29, 1.82) is 5.26 Å². The molecular weight excluding hydrogens is 314 g/mol. The number of aliphatic hydroxyl groups is 1. The van der Waals surface area contributed by atoms with E-state index in [4.69, 9.17) is 16.1 Å². The van der Waals surface area contributed by atoms with Gasteiger partial charge in [0.2, 0.25) is 5.95 Å². The third-order valence-electron chi connectivity index (χ3n) is 4.10. The van der Waals surface area contributed by atoms with Crippen LogP contribution >= 0.6 is 0 Å². The Hall–Kier alpha value is -2.65. The van der Waals surface area contributed by atoms with E-state index in [2.05, 4.69) is 28.3 Å². The summed E-state index contributed by atoms with van der Waals surface area (Å²) in [5.41, 5.74) is 9.82. The number of aromatic nitrogens is 2. The van der Waals surface area contributed by atoms with Crippen molar-refractivity contribution in [3.63, 3.8) is 0 Å². The fourth-order valence-electron chi connectivity index (χ4n) is 2.72. The third-order valence-corrected chi connectivity index (χ3v) is 4.10. The molecule has 0 fully saturated rings. The van der Waals surface area contributed by atoms with Crippen LogP contribution in [0.5, 0.6) is 0 Å². The minimum atomic E-state index is 0.178. The van der Waals surface area contributed by atoms with Crippen LogP contribution in [0, 0.1) is 18.3 Å². The summed E-state index contributed by atoms with van der Waals surface area (Å²) in [5, 5.41) is 21.1. The van der Waals surface area contributed by atoms with Crippen molar-refractivity contribution in [3.8, 4) is 6.07 Å². The highest BCUT2D eigenvalue weighted by atomic mass is 16.2. The van der Waals surface area contributed by atoms with E-state index in [1.54, 1.807) is 0 Å². The summed E-state index contributed by atoms with van der Waals surface area (Å²) in [6, 6.07) is 10.3. The van der Waals surface area contributed by atoms with Gasteiger partial charge in [0, 0.05) is 30.3 Å². The number of nitrogens with one attached hydrogen (secondary N) is 1. The number of nitriles is 1. The Labute approximate surface area is 148 Å². The molecule has 0 saturated carbocycles. The highest BCUT2D eigenvalue weighted by molar-refractivity contribution is 5.52. The van der Waals surface area contributed by atoms with Crippen molar-refractivity contribution in [2.45, 2.75) is 45.6 Å². The molecule has 0 aliphatic carbocycles. The van der Waals surface area contributed by atoms with Gasteiger partial charge in [-0.3, -0.25) is 0 Å². The highest BCUT2D eigenvalue weighted by Crippen LogP contribution is 2.23. The van der Waals surface area contributed by atoms with Gasteiger partial charge >= 0.3 is 0 Å². The van der Waals surface area contributed by atoms with Crippen LogP contribution in [0.4, 0.5) is 11.8 Å². The molecule has 6 nitrogen and oxygen atoms in total. The first-order valence-corrected chi connectivity index (χ1v) is 8.48. The number of anilines is 2. The van der Waals surface area contributed by atoms with Gasteiger partial charge in [0.15, 0.2) is 0 Å². The summed E-state index contributed by atoms with van der Waals surface area (Å²) in [6.45, 7) is 4.17. The number of hydrogen-bond acceptors (Lipinski definition) is 6. The second-order valence-corrected chi connectivity index (χ2v) is 6.23. The van der Waals surface area contributed by atoms with Gasteiger partial charge in [0.05, 0.1) is 12.5 Å². The van der Waals surface area contributed by atoms with Crippen LogP contribution in [0.25, 0.3) is 0 Å². The van der Waals surface area contributed by atoms with Crippen LogP contribution in [0.2, 0.25) is 0 Å². The quantitative estimate of drug-likeness (QED) is 0.682. The first-order chi connectivity index (χ1) is 12.0. The van der Waals surface area contributed by atoms with Gasteiger partial charge in [-0.1, -0.05) is 24.3 Å². The van der Waals surface area contributed by atoms with Gasteiger partial charge in [0.25, 0.3) is 0 Å². The number of aryl methyl sites for hydroxylation is 1. The van der Waals surface area contributed by atoms with E-state index in [-0.39, 0.29) is 18.6 Å². The Bertz CT molecular complexity index is 737. The number of nitrogens with zero attached hydrogens (tertiary/aromatic N) is 3. The van der Waals surface area contributed by atoms with Crippen LogP contribution in [-0.2, 0) is 12.8 Å². The summed E-state index contributed by atoms with van der Waals surface area (Å²) in [7, 11) is 0. The van der Waals surface area contributed by atoms with Crippen LogP contribution in [-0.4, -0.2) is 27.7 Å². The fraction of sp³-hybridized carbons (Fsp3) is 0.421. The summed E-state index contributed by atoms with van der Waals surface area (Å²) >= 11 is 0. The molecule has 0 bridgehead atoms. The second-order valence-electron chi connectivity index (χ2n) is 6.23. The number of benzene rings is 1. The normalized spacial score (nSPS) is 11.8. The molecular formula is C19H25N5O. The van der Waals surface area contributed by atoms with Gasteiger partial charge in [0.1, 0.15) is 5.82 Å². The predicted molar refractivity (Wildman–Crippen MR) is 99.2 cm³/mol. The molecule has 25 heavy (non-hydrogen) atoms. The molecule has 4 N–H and O–H groups in total. The van der Waals surface area contributed by atoms with Crippen LogP contribution in [0.3, 0.4) is 0 Å². The van der Waals surface area contributed by atoms with Gasteiger partial charge in [-0.05, 0) is 37.8 Å². The molecule has 0 spiro atoms. The summed E-state index contributed by atoms with van der Waals surface area (Å²) in [6.07, 6.45) is 2.69. The van der Waals surface area contributed by atoms with E-state index in [1.807, 2.05) is 31.2 Å². The number of aliphatic hydroxyl groups excluding tert-OH is 1. The maximum Gasteiger partial charge on any atom is 0.222 e. The third kappa shape index (κ3) is 5.44. The van der Waals surface area contributed by atoms with E-state index in [0.29, 0.717) is 12.8 Å². The lowest BCUT2D eigenvalue weighted by Gasteiger charge is -2.18. The van der Waals surface area contributed by atoms with Crippen molar-refractivity contribution in [1.82, 2.24) is 9.97 Å². The second kappa shape index (κ2) is 9.00. The van der Waals surface area contributed by atoms with Crippen molar-refractivity contribution in [3.05, 3.63) is 46.6 Å². The van der Waals surface area contributed by atoms with Crippen LogP contribution < -0.4 is 11.1 Å². The van der Waals surface area contributed by atoms with Gasteiger partial charge < -0.3 is 16.2 Å². The molecule has 0 radical (unpaired) electrons. The summed E-state index contributed by atoms with van der Waals surface area (Å²) < 4.78 is 0. The lowest BCUT2D eigenvalue weighted by molar-refractivity contribution is 0.282. The smallest absolute Gasteiger partial charge is 0.222 e. The zero-order chi connectivity index (χ0) is 18.2. The van der Waals surface area contributed by atoms with Crippen molar-refractivity contribution < 1.29 is 5.11 Å². The Morgan fingerprint density at radius 3 is 2.56 bits per heavy atom. The van der Waals surface area contributed by atoms with Crippen LogP contribution in [0.1, 0.15) is 42.1 Å². The molecule has 2 rings (SSSR count). The lowest BCUT2D eigenvalue weighted by Crippen LogP contribution is -2.19. The zero-order valence-electron chi connectivity index (χ0n) is 14.8. The molecule has 0 aliphatic rings. The minimum Gasteiger partial charge on any atom is -0.396 e. The summed E-state index contributed by atoms with van der Waals surface area (Å²) in [5.74, 6) is 0.999. The number of rotatable bonds is 8. The molecule has 0 amide bonds. The molecule has 2 aromatic rings. The predicted octanol–water partition coefficient (Wildman–Crippen LogP) is 2.60. The fourth-order valence-corrected chi connectivity index (χ4v) is 2.72. The van der Waals surface area contributed by atoms with E-state index in [1.165, 1.54) is 0 Å². The standard InChI is InChI=1S/C19H25N5O/c1-13(4-3-11-25)22-18-17(14(2)23-19(21)24-18)12-16-7-5-15(6-8-16)9-10-20/h5-8,13,25H,3-4,9,11-12H2,1-2H3,(H3,21,22,23,24). The van der Waals surface area contributed by atoms with Crippen molar-refractivity contribution in [2.75, 3.05) is 17.7 Å². The zero-order valence-corrected chi connectivity index (χ0v) is 14.8. The average Bonchev–Trinajstić information content (AvgIpc) is 2.58. The van der Waals surface area contributed by atoms with E-state index >= 15 is 0 Å². The largest absolute Gasteiger partial charge is 0.396 e. The van der Waals surface area contributed by atoms with Gasteiger partial charge in [-0.2, -0.15) is 10.2 Å². The van der Waals surface area contributed by atoms with Crippen LogP contribution in [0.15, 0.2) is 24.3 Å². The maximum atomic E-state index is 8.99. The first kappa shape index (κ1) is 18.7. The highest BCUT2D eigenvalue weighted by Gasteiger charge is 2.13. The van der Waals surface area contributed by atoms with Crippen molar-refractivity contribution in [2.24, 2.45) is 0 Å². The Kier molecular flexibility index (Phi) is 6.72. The van der Waals surface area contributed by atoms with Gasteiger partial charge in [-0.25, -0.2) is 4.98 Å². The molecule has 0 saturated heterocycles. The minimum absolute atomic E-state index is 0.178. The van der Waals surface area contributed by atoms with Gasteiger partial charge in [-0.15, -0.1) is 0 Å². The Morgan fingerprint density at radius 2 is 1.92 bits per heavy atom. The van der Waals surface area contributed by atoms with E-state index in [0.717, 1.165) is 41.0 Å². The molecule has 1 heterocycles. The van der Waals surface area contributed by atoms with E-state index < -0.39 is 0 Å². The van der Waals surface area contributed by atoms with E-state index in [9.17, 15) is 0 Å². The number of nitrogens with two attached hydrogens (primary N) is 1. The summed E-state index contributed by atoms with van der Waals surface area (Å²) in [4.78, 5) is 8.67. The number of nitrogen functional groups attached to an aromatic ring is 1. The molecule has 6 heteroatoms. The Morgan fingerprint density at radius 1 is 1.24 bits per heavy atom. The molecule has 132 valence electrons. The Balaban J connectivity index is 2.22. The average molecular weight is 339 g/mol. The maximum absolute atomic E-state index is 8.99.